The minimum absolute atomic E-state index is 0.0616. The highest BCUT2D eigenvalue weighted by atomic mass is 16.5. The van der Waals surface area contributed by atoms with Gasteiger partial charge in [0.15, 0.2) is 0 Å². The predicted octanol–water partition coefficient (Wildman–Crippen LogP) is 3.58. The highest BCUT2D eigenvalue weighted by Crippen LogP contribution is 2.42. The standard InChI is InChI=1S/C27H28N2O6/c1-16-6-11-22-23(12-16)26(32)29(25(22)31)18-7-9-20(10-8-18)35-27(33)17-13-24(30)28(15-17)19-4-3-5-21(14-19)34-2/h3-5,7-10,14,16-17,22-23H,6,11-13,15H2,1-2H3/t16-,17-,22+,23-/m1/s1. The van der Waals surface area contributed by atoms with Crippen LogP contribution >= 0.6 is 0 Å². The van der Waals surface area contributed by atoms with Gasteiger partial charge in [0, 0.05) is 24.7 Å². The van der Waals surface area contributed by atoms with E-state index in [-0.39, 0.29) is 42.5 Å². The third kappa shape index (κ3) is 4.29. The zero-order chi connectivity index (χ0) is 24.7. The Morgan fingerprint density at radius 2 is 1.66 bits per heavy atom. The highest BCUT2D eigenvalue weighted by Gasteiger charge is 2.50. The van der Waals surface area contributed by atoms with Crippen LogP contribution in [0, 0.1) is 23.7 Å². The number of imide groups is 1. The molecule has 3 amide bonds. The van der Waals surface area contributed by atoms with Crippen molar-refractivity contribution in [2.45, 2.75) is 32.6 Å². The molecule has 3 fully saturated rings. The first-order valence-electron chi connectivity index (χ1n) is 12.0. The normalized spacial score (nSPS) is 26.2. The number of anilines is 2. The first kappa shape index (κ1) is 23.1. The average molecular weight is 477 g/mol. The van der Waals surface area contributed by atoms with Gasteiger partial charge in [0.1, 0.15) is 11.5 Å². The average Bonchev–Trinajstić information content (AvgIpc) is 3.37. The number of amides is 3. The van der Waals surface area contributed by atoms with Crippen LogP contribution in [0.15, 0.2) is 48.5 Å². The molecule has 4 atom stereocenters. The maximum absolute atomic E-state index is 12.9. The van der Waals surface area contributed by atoms with Crippen molar-refractivity contribution in [1.82, 2.24) is 0 Å². The van der Waals surface area contributed by atoms with Crippen LogP contribution in [0.3, 0.4) is 0 Å². The van der Waals surface area contributed by atoms with E-state index in [4.69, 9.17) is 9.47 Å². The number of hydrogen-bond acceptors (Lipinski definition) is 6. The van der Waals surface area contributed by atoms with E-state index < -0.39 is 11.9 Å². The minimum Gasteiger partial charge on any atom is -0.497 e. The Morgan fingerprint density at radius 3 is 2.40 bits per heavy atom. The van der Waals surface area contributed by atoms with Gasteiger partial charge in [-0.2, -0.15) is 0 Å². The van der Waals surface area contributed by atoms with Gasteiger partial charge in [-0.3, -0.25) is 24.1 Å². The molecule has 8 nitrogen and oxygen atoms in total. The fourth-order valence-electron chi connectivity index (χ4n) is 5.40. The highest BCUT2D eigenvalue weighted by molar-refractivity contribution is 6.22. The van der Waals surface area contributed by atoms with E-state index in [1.54, 1.807) is 60.5 Å². The van der Waals surface area contributed by atoms with Crippen molar-refractivity contribution in [3.63, 3.8) is 0 Å². The van der Waals surface area contributed by atoms with Gasteiger partial charge in [0.2, 0.25) is 17.7 Å². The Kier molecular flexibility index (Phi) is 6.05. The van der Waals surface area contributed by atoms with Crippen molar-refractivity contribution in [2.24, 2.45) is 23.7 Å². The third-order valence-electron chi connectivity index (χ3n) is 7.32. The summed E-state index contributed by atoms with van der Waals surface area (Å²) in [5.41, 5.74) is 1.16. The molecular formula is C27H28N2O6. The molecule has 1 aliphatic carbocycles. The lowest BCUT2D eigenvalue weighted by Crippen LogP contribution is -2.30. The van der Waals surface area contributed by atoms with E-state index in [0.29, 0.717) is 28.8 Å². The summed E-state index contributed by atoms with van der Waals surface area (Å²) in [6.07, 6.45) is 2.51. The molecule has 2 aromatic rings. The van der Waals surface area contributed by atoms with Gasteiger partial charge in [-0.05, 0) is 61.6 Å². The van der Waals surface area contributed by atoms with E-state index in [1.165, 1.54) is 4.90 Å². The number of fused-ring (bicyclic) bond motifs is 1. The SMILES string of the molecule is COc1cccc(N2C[C@H](C(=O)Oc3ccc(N4C(=O)[C@H]5CC[C@@H](C)C[C@H]5C4=O)cc3)CC2=O)c1. The van der Waals surface area contributed by atoms with Crippen molar-refractivity contribution >= 4 is 35.1 Å². The maximum atomic E-state index is 12.9. The molecule has 0 spiro atoms. The molecule has 0 unspecified atom stereocenters. The summed E-state index contributed by atoms with van der Waals surface area (Å²) in [5, 5.41) is 0. The second-order valence-electron chi connectivity index (χ2n) is 9.66. The Balaban J connectivity index is 1.24. The van der Waals surface area contributed by atoms with Gasteiger partial charge in [-0.25, -0.2) is 0 Å². The molecule has 1 saturated carbocycles. The number of hydrogen-bond donors (Lipinski definition) is 0. The van der Waals surface area contributed by atoms with E-state index >= 15 is 0 Å². The minimum atomic E-state index is -0.597. The lowest BCUT2D eigenvalue weighted by molar-refractivity contribution is -0.139. The van der Waals surface area contributed by atoms with Crippen molar-refractivity contribution in [3.05, 3.63) is 48.5 Å². The number of methoxy groups -OCH3 is 1. The topological polar surface area (TPSA) is 93.2 Å². The summed E-state index contributed by atoms with van der Waals surface area (Å²) in [6.45, 7) is 2.34. The number of benzene rings is 2. The molecule has 2 heterocycles. The Labute approximate surface area is 203 Å². The van der Waals surface area contributed by atoms with Crippen LogP contribution in [0.1, 0.15) is 32.6 Å². The summed E-state index contributed by atoms with van der Waals surface area (Å²) < 4.78 is 10.7. The fourth-order valence-corrected chi connectivity index (χ4v) is 5.40. The molecule has 0 radical (unpaired) electrons. The van der Waals surface area contributed by atoms with E-state index in [9.17, 15) is 19.2 Å². The van der Waals surface area contributed by atoms with E-state index in [0.717, 1.165) is 19.3 Å². The van der Waals surface area contributed by atoms with Crippen molar-refractivity contribution in [1.29, 1.82) is 0 Å². The molecule has 3 aliphatic rings. The summed E-state index contributed by atoms with van der Waals surface area (Å²) in [4.78, 5) is 53.9. The monoisotopic (exact) mass is 476 g/mol. The molecule has 2 saturated heterocycles. The fraction of sp³-hybridized carbons (Fsp3) is 0.407. The van der Waals surface area contributed by atoms with Crippen molar-refractivity contribution in [3.8, 4) is 11.5 Å². The smallest absolute Gasteiger partial charge is 0.316 e. The molecule has 2 aliphatic heterocycles. The zero-order valence-corrected chi connectivity index (χ0v) is 19.8. The van der Waals surface area contributed by atoms with Crippen LogP contribution in [0.4, 0.5) is 11.4 Å². The van der Waals surface area contributed by atoms with Gasteiger partial charge >= 0.3 is 5.97 Å². The Morgan fingerprint density at radius 1 is 0.914 bits per heavy atom. The molecule has 0 bridgehead atoms. The third-order valence-corrected chi connectivity index (χ3v) is 7.32. The predicted molar refractivity (Wildman–Crippen MR) is 128 cm³/mol. The van der Waals surface area contributed by atoms with Gasteiger partial charge in [0.05, 0.1) is 30.6 Å². The molecule has 8 heteroatoms. The molecule has 182 valence electrons. The number of carbonyl (C=O) groups excluding carboxylic acids is 4. The number of ether oxygens (including phenoxy) is 2. The quantitative estimate of drug-likeness (QED) is 0.372. The van der Waals surface area contributed by atoms with Crippen LogP contribution in [0.5, 0.6) is 11.5 Å². The van der Waals surface area contributed by atoms with Gasteiger partial charge in [0.25, 0.3) is 0 Å². The Bertz CT molecular complexity index is 1180. The summed E-state index contributed by atoms with van der Waals surface area (Å²) in [7, 11) is 1.55. The summed E-state index contributed by atoms with van der Waals surface area (Å²) >= 11 is 0. The summed E-state index contributed by atoms with van der Waals surface area (Å²) in [5.74, 6) is -0.627. The maximum Gasteiger partial charge on any atom is 0.316 e. The van der Waals surface area contributed by atoms with Crippen molar-refractivity contribution in [2.75, 3.05) is 23.5 Å². The largest absolute Gasteiger partial charge is 0.497 e. The molecule has 35 heavy (non-hydrogen) atoms. The molecule has 0 N–H and O–H groups in total. The molecule has 2 aromatic carbocycles. The first-order chi connectivity index (χ1) is 16.9. The van der Waals surface area contributed by atoms with Crippen molar-refractivity contribution < 1.29 is 28.7 Å². The van der Waals surface area contributed by atoms with Crippen LogP contribution in [-0.2, 0) is 19.2 Å². The second kappa shape index (κ2) is 9.17. The first-order valence-corrected chi connectivity index (χ1v) is 12.0. The van der Waals surface area contributed by atoms with Crippen LogP contribution in [-0.4, -0.2) is 37.3 Å². The van der Waals surface area contributed by atoms with Crippen LogP contribution in [0.2, 0.25) is 0 Å². The molecular weight excluding hydrogens is 448 g/mol. The van der Waals surface area contributed by atoms with E-state index in [1.807, 2.05) is 0 Å². The number of nitrogens with zero attached hydrogens (tertiary/aromatic N) is 2. The second-order valence-corrected chi connectivity index (χ2v) is 9.66. The summed E-state index contributed by atoms with van der Waals surface area (Å²) in [6, 6.07) is 13.5. The van der Waals surface area contributed by atoms with Crippen LogP contribution < -0.4 is 19.3 Å². The van der Waals surface area contributed by atoms with Gasteiger partial charge in [-0.1, -0.05) is 13.0 Å². The molecule has 5 rings (SSSR count). The van der Waals surface area contributed by atoms with Crippen LogP contribution in [0.25, 0.3) is 0 Å². The van der Waals surface area contributed by atoms with Gasteiger partial charge < -0.3 is 14.4 Å². The number of rotatable bonds is 5. The zero-order valence-electron chi connectivity index (χ0n) is 19.8. The van der Waals surface area contributed by atoms with Gasteiger partial charge in [-0.15, -0.1) is 0 Å². The number of esters is 1. The lowest BCUT2D eigenvalue weighted by atomic mass is 9.76. The Hall–Kier alpha value is -3.68. The molecule has 0 aromatic heterocycles. The van der Waals surface area contributed by atoms with E-state index in [2.05, 4.69) is 6.92 Å². The number of carbonyl (C=O) groups is 4. The lowest BCUT2D eigenvalue weighted by Gasteiger charge is -2.25.